The number of halogens is 1. The van der Waals surface area contributed by atoms with Crippen LogP contribution in [0.5, 0.6) is 0 Å². The highest BCUT2D eigenvalue weighted by atomic mass is 35.5. The van der Waals surface area contributed by atoms with Crippen molar-refractivity contribution in [3.63, 3.8) is 0 Å². The van der Waals surface area contributed by atoms with E-state index < -0.39 is 0 Å². The fraction of sp³-hybridized carbons (Fsp3) is 0.0909. The zero-order valence-electron chi connectivity index (χ0n) is 8.81. The van der Waals surface area contributed by atoms with Gasteiger partial charge in [-0.2, -0.15) is 0 Å². The molecule has 0 aliphatic heterocycles. The fourth-order valence-corrected chi connectivity index (χ4v) is 1.49. The summed E-state index contributed by atoms with van der Waals surface area (Å²) in [6.45, 7) is 0.296. The van der Waals surface area contributed by atoms with Crippen LogP contribution < -0.4 is 11.1 Å². The van der Waals surface area contributed by atoms with E-state index in [0.717, 1.165) is 0 Å². The first-order valence-electron chi connectivity index (χ1n) is 4.88. The Bertz CT molecular complexity index is 526. The predicted molar refractivity (Wildman–Crippen MR) is 63.5 cm³/mol. The Morgan fingerprint density at radius 1 is 1.59 bits per heavy atom. The molecule has 2 aromatic rings. The lowest BCUT2D eigenvalue weighted by Gasteiger charge is -2.05. The number of hydrogen-bond acceptors (Lipinski definition) is 4. The van der Waals surface area contributed by atoms with Crippen LogP contribution in [0, 0.1) is 0 Å². The van der Waals surface area contributed by atoms with Gasteiger partial charge in [-0.25, -0.2) is 4.98 Å². The van der Waals surface area contributed by atoms with E-state index in [4.69, 9.17) is 21.8 Å². The molecular formula is C11H10ClN3O2. The number of furan rings is 1. The molecule has 1 amide bonds. The molecule has 2 rings (SSSR count). The van der Waals surface area contributed by atoms with Crippen molar-refractivity contribution in [3.8, 4) is 0 Å². The number of rotatable bonds is 3. The number of anilines is 1. The molecule has 0 radical (unpaired) electrons. The Labute approximate surface area is 103 Å². The first-order valence-corrected chi connectivity index (χ1v) is 5.26. The van der Waals surface area contributed by atoms with E-state index in [9.17, 15) is 4.79 Å². The Balaban J connectivity index is 2.07. The maximum absolute atomic E-state index is 11.8. The lowest BCUT2D eigenvalue weighted by molar-refractivity contribution is 0.0948. The number of aromatic nitrogens is 1. The van der Waals surface area contributed by atoms with Gasteiger partial charge in [0.05, 0.1) is 23.4 Å². The third kappa shape index (κ3) is 2.76. The first-order chi connectivity index (χ1) is 8.16. The highest BCUT2D eigenvalue weighted by molar-refractivity contribution is 6.33. The third-order valence-corrected chi connectivity index (χ3v) is 2.43. The second-order valence-corrected chi connectivity index (χ2v) is 3.76. The van der Waals surface area contributed by atoms with Gasteiger partial charge in [0.2, 0.25) is 0 Å². The van der Waals surface area contributed by atoms with Crippen molar-refractivity contribution in [2.24, 2.45) is 0 Å². The average Bonchev–Trinajstić information content (AvgIpc) is 2.82. The van der Waals surface area contributed by atoms with Crippen molar-refractivity contribution in [1.29, 1.82) is 0 Å². The normalized spacial score (nSPS) is 10.2. The van der Waals surface area contributed by atoms with Gasteiger partial charge in [0.25, 0.3) is 5.91 Å². The molecule has 0 aliphatic carbocycles. The molecule has 0 saturated heterocycles. The zero-order chi connectivity index (χ0) is 12.3. The molecule has 0 atom stereocenters. The molecule has 88 valence electrons. The van der Waals surface area contributed by atoms with E-state index in [-0.39, 0.29) is 16.7 Å². The number of hydrogen-bond donors (Lipinski definition) is 2. The smallest absolute Gasteiger partial charge is 0.253 e. The van der Waals surface area contributed by atoms with Crippen molar-refractivity contribution in [3.05, 3.63) is 47.0 Å². The quantitative estimate of drug-likeness (QED) is 0.872. The summed E-state index contributed by atoms with van der Waals surface area (Å²) in [6.07, 6.45) is 2.89. The van der Waals surface area contributed by atoms with Crippen LogP contribution in [-0.4, -0.2) is 10.9 Å². The molecule has 2 heterocycles. The maximum atomic E-state index is 11.8. The zero-order valence-corrected chi connectivity index (χ0v) is 9.57. The van der Waals surface area contributed by atoms with Gasteiger partial charge >= 0.3 is 0 Å². The Morgan fingerprint density at radius 3 is 3.12 bits per heavy atom. The van der Waals surface area contributed by atoms with Crippen molar-refractivity contribution >= 4 is 23.3 Å². The molecular weight excluding hydrogens is 242 g/mol. The van der Waals surface area contributed by atoms with Crippen molar-refractivity contribution in [2.75, 3.05) is 5.73 Å². The lowest BCUT2D eigenvalue weighted by atomic mass is 10.2. The summed E-state index contributed by atoms with van der Waals surface area (Å²) in [6, 6.07) is 4.95. The van der Waals surface area contributed by atoms with Crippen LogP contribution in [0.15, 0.2) is 35.1 Å². The Morgan fingerprint density at radius 2 is 2.41 bits per heavy atom. The predicted octanol–water partition coefficient (Wildman–Crippen LogP) is 1.84. The number of nitrogen functional groups attached to an aromatic ring is 1. The van der Waals surface area contributed by atoms with E-state index in [0.29, 0.717) is 17.9 Å². The van der Waals surface area contributed by atoms with Crippen LogP contribution in [0.4, 0.5) is 5.82 Å². The van der Waals surface area contributed by atoms with Crippen LogP contribution >= 0.6 is 11.6 Å². The van der Waals surface area contributed by atoms with Crippen LogP contribution in [0.2, 0.25) is 5.02 Å². The van der Waals surface area contributed by atoms with Gasteiger partial charge in [-0.05, 0) is 18.2 Å². The lowest BCUT2D eigenvalue weighted by Crippen LogP contribution is -2.23. The summed E-state index contributed by atoms with van der Waals surface area (Å²) in [4.78, 5) is 15.6. The summed E-state index contributed by atoms with van der Waals surface area (Å²) >= 11 is 5.85. The molecule has 0 aromatic carbocycles. The first kappa shape index (κ1) is 11.5. The van der Waals surface area contributed by atoms with E-state index in [2.05, 4.69) is 10.3 Å². The van der Waals surface area contributed by atoms with E-state index in [1.807, 2.05) is 0 Å². The molecule has 0 spiro atoms. The molecule has 0 saturated carbocycles. The average molecular weight is 252 g/mol. The Hall–Kier alpha value is -2.01. The van der Waals surface area contributed by atoms with E-state index in [1.54, 1.807) is 18.4 Å². The standard InChI is InChI=1S/C11H10ClN3O2/c12-9-6-14-10(13)4-8(9)11(16)15-5-7-2-1-3-17-7/h1-4,6H,5H2,(H2,13,14)(H,15,16). The fourth-order valence-electron chi connectivity index (χ4n) is 1.30. The molecule has 3 N–H and O–H groups in total. The number of carbonyl (C=O) groups excluding carboxylic acids is 1. The van der Waals surface area contributed by atoms with E-state index in [1.165, 1.54) is 12.3 Å². The van der Waals surface area contributed by atoms with E-state index >= 15 is 0 Å². The van der Waals surface area contributed by atoms with Gasteiger partial charge < -0.3 is 15.5 Å². The number of nitrogens with zero attached hydrogens (tertiary/aromatic N) is 1. The summed E-state index contributed by atoms with van der Waals surface area (Å²) in [5, 5.41) is 2.93. The van der Waals surface area contributed by atoms with Crippen molar-refractivity contribution < 1.29 is 9.21 Å². The Kier molecular flexibility index (Phi) is 3.30. The number of carbonyl (C=O) groups is 1. The van der Waals surface area contributed by atoms with Gasteiger partial charge in [0, 0.05) is 6.20 Å². The highest BCUT2D eigenvalue weighted by Gasteiger charge is 2.11. The topological polar surface area (TPSA) is 81.2 Å². The molecule has 0 bridgehead atoms. The van der Waals surface area contributed by atoms with Gasteiger partial charge in [-0.15, -0.1) is 0 Å². The molecule has 17 heavy (non-hydrogen) atoms. The molecule has 0 fully saturated rings. The van der Waals surface area contributed by atoms with Crippen molar-refractivity contribution in [2.45, 2.75) is 6.54 Å². The van der Waals surface area contributed by atoms with Crippen LogP contribution in [0.1, 0.15) is 16.1 Å². The largest absolute Gasteiger partial charge is 0.467 e. The van der Waals surface area contributed by atoms with Gasteiger partial charge in [-0.3, -0.25) is 4.79 Å². The molecule has 0 unspecified atom stereocenters. The van der Waals surface area contributed by atoms with Crippen LogP contribution in [0.3, 0.4) is 0 Å². The maximum Gasteiger partial charge on any atom is 0.253 e. The van der Waals surface area contributed by atoms with Gasteiger partial charge in [-0.1, -0.05) is 11.6 Å². The number of pyridine rings is 1. The van der Waals surface area contributed by atoms with Crippen molar-refractivity contribution in [1.82, 2.24) is 10.3 Å². The second kappa shape index (κ2) is 4.88. The minimum atomic E-state index is -0.319. The summed E-state index contributed by atoms with van der Waals surface area (Å²) < 4.78 is 5.09. The van der Waals surface area contributed by atoms with Crippen LogP contribution in [0.25, 0.3) is 0 Å². The summed E-state index contributed by atoms with van der Waals surface area (Å²) in [5.74, 6) is 0.592. The third-order valence-electron chi connectivity index (χ3n) is 2.12. The SMILES string of the molecule is Nc1cc(C(=O)NCc2ccco2)c(Cl)cn1. The molecule has 0 aliphatic rings. The highest BCUT2D eigenvalue weighted by Crippen LogP contribution is 2.16. The van der Waals surface area contributed by atoms with Gasteiger partial charge in [0.15, 0.2) is 0 Å². The summed E-state index contributed by atoms with van der Waals surface area (Å²) in [5.41, 5.74) is 5.78. The summed E-state index contributed by atoms with van der Waals surface area (Å²) in [7, 11) is 0. The number of amides is 1. The monoisotopic (exact) mass is 251 g/mol. The molecule has 2 aromatic heterocycles. The van der Waals surface area contributed by atoms with Crippen LogP contribution in [-0.2, 0) is 6.54 Å². The number of nitrogens with one attached hydrogen (secondary N) is 1. The van der Waals surface area contributed by atoms with Gasteiger partial charge in [0.1, 0.15) is 11.6 Å². The minimum absolute atomic E-state index is 0.248. The minimum Gasteiger partial charge on any atom is -0.467 e. The second-order valence-electron chi connectivity index (χ2n) is 3.35. The molecule has 5 nitrogen and oxygen atoms in total. The molecule has 6 heteroatoms. The number of nitrogens with two attached hydrogens (primary N) is 1.